The van der Waals surface area contributed by atoms with Crippen LogP contribution in [-0.4, -0.2) is 67.0 Å². The quantitative estimate of drug-likeness (QED) is 0.0936. The summed E-state index contributed by atoms with van der Waals surface area (Å²) in [5.41, 5.74) is 12.1. The number of nitrogens with two attached hydrogens (primary N) is 2. The second kappa shape index (κ2) is 15.8. The van der Waals surface area contributed by atoms with E-state index in [4.69, 9.17) is 20.9 Å². The van der Waals surface area contributed by atoms with E-state index < -0.39 is 41.1 Å². The summed E-state index contributed by atoms with van der Waals surface area (Å²) in [6.45, 7) is 5.31. The molecule has 0 aromatic heterocycles. The molecule has 12 nitrogen and oxygen atoms in total. The van der Waals surface area contributed by atoms with Crippen LogP contribution >= 0.6 is 0 Å². The number of piperidine rings is 1. The van der Waals surface area contributed by atoms with Crippen LogP contribution in [0.4, 0.5) is 5.69 Å². The number of aldehydes is 1. The lowest BCUT2D eigenvalue weighted by Gasteiger charge is -2.36. The molecular formula is C33H43N5O7. The summed E-state index contributed by atoms with van der Waals surface area (Å²) >= 11 is 0. The molecule has 0 saturated carbocycles. The van der Waals surface area contributed by atoms with Crippen molar-refractivity contribution in [1.29, 1.82) is 0 Å². The molecule has 2 aromatic carbocycles. The molecule has 0 radical (unpaired) electrons. The zero-order valence-electron chi connectivity index (χ0n) is 26.3. The lowest BCUT2D eigenvalue weighted by Crippen LogP contribution is -2.53. The molecule has 1 saturated heterocycles. The van der Waals surface area contributed by atoms with Gasteiger partial charge in [-0.3, -0.25) is 19.2 Å². The highest BCUT2D eigenvalue weighted by atomic mass is 16.5. The number of benzene rings is 2. The molecule has 3 rings (SSSR count). The maximum atomic E-state index is 13.8. The number of amides is 2. The van der Waals surface area contributed by atoms with Gasteiger partial charge in [-0.15, -0.1) is 0 Å². The average molecular weight is 622 g/mol. The highest BCUT2D eigenvalue weighted by Gasteiger charge is 2.41. The predicted molar refractivity (Wildman–Crippen MR) is 170 cm³/mol. The number of ether oxygens (including phenoxy) is 2. The van der Waals surface area contributed by atoms with Gasteiger partial charge in [-0.05, 0) is 73.9 Å². The maximum Gasteiger partial charge on any atom is 0.329 e. The Morgan fingerprint density at radius 3 is 2.56 bits per heavy atom. The number of Topliss-reactive ketones (excluding diaryl/α,β-unsaturated/α-hetero) is 1. The van der Waals surface area contributed by atoms with Crippen LogP contribution in [0.2, 0.25) is 0 Å². The third-order valence-corrected chi connectivity index (χ3v) is 8.05. The molecule has 1 fully saturated rings. The van der Waals surface area contributed by atoms with E-state index in [9.17, 15) is 24.0 Å². The molecule has 0 bridgehead atoms. The monoisotopic (exact) mass is 621 g/mol. The summed E-state index contributed by atoms with van der Waals surface area (Å²) in [7, 11) is 1.48. The molecule has 1 heterocycles. The van der Waals surface area contributed by atoms with Gasteiger partial charge in [0, 0.05) is 17.6 Å². The van der Waals surface area contributed by atoms with Crippen LogP contribution in [0.3, 0.4) is 0 Å². The third kappa shape index (κ3) is 9.37. The summed E-state index contributed by atoms with van der Waals surface area (Å²) in [4.78, 5) is 68.9. The Morgan fingerprint density at radius 1 is 1.13 bits per heavy atom. The van der Waals surface area contributed by atoms with Crippen molar-refractivity contribution in [3.63, 3.8) is 0 Å². The minimum absolute atomic E-state index is 0.209. The van der Waals surface area contributed by atoms with Crippen LogP contribution in [-0.2, 0) is 30.3 Å². The number of aryl methyl sites for hydroxylation is 1. The zero-order valence-corrected chi connectivity index (χ0v) is 26.3. The molecule has 0 unspecified atom stereocenters. The number of carbonyl (C=O) groups is 5. The summed E-state index contributed by atoms with van der Waals surface area (Å²) < 4.78 is 11.4. The number of nitrogens with zero attached hydrogens (tertiary/aromatic N) is 2. The first-order chi connectivity index (χ1) is 21.4. The summed E-state index contributed by atoms with van der Waals surface area (Å²) in [6, 6.07) is 11.2. The van der Waals surface area contributed by atoms with Crippen molar-refractivity contribution in [3.8, 4) is 5.75 Å². The number of anilines is 1. The number of nitrogens with one attached hydrogen (secondary N) is 1. The van der Waals surface area contributed by atoms with Crippen molar-refractivity contribution in [2.24, 2.45) is 21.9 Å². The molecule has 0 spiro atoms. The van der Waals surface area contributed by atoms with Gasteiger partial charge in [0.2, 0.25) is 11.7 Å². The van der Waals surface area contributed by atoms with Crippen molar-refractivity contribution in [2.45, 2.75) is 71.4 Å². The minimum atomic E-state index is -0.903. The molecule has 2 amide bonds. The zero-order chi connectivity index (χ0) is 33.1. The molecule has 0 aliphatic carbocycles. The molecule has 45 heavy (non-hydrogen) atoms. The van der Waals surface area contributed by atoms with E-state index in [2.05, 4.69) is 10.3 Å². The summed E-state index contributed by atoms with van der Waals surface area (Å²) in [6.07, 6.45) is 2.98. The number of carbonyl (C=O) groups excluding carboxylic acids is 5. The number of ketones is 1. The van der Waals surface area contributed by atoms with Crippen LogP contribution in [0.25, 0.3) is 0 Å². The Hall–Kier alpha value is -4.74. The smallest absolute Gasteiger partial charge is 0.329 e. The van der Waals surface area contributed by atoms with Crippen molar-refractivity contribution in [2.75, 3.05) is 25.5 Å². The van der Waals surface area contributed by atoms with E-state index in [1.807, 2.05) is 6.92 Å². The Kier molecular flexibility index (Phi) is 12.2. The van der Waals surface area contributed by atoms with E-state index in [0.29, 0.717) is 67.4 Å². The van der Waals surface area contributed by atoms with Crippen molar-refractivity contribution in [1.82, 2.24) is 4.90 Å². The molecule has 242 valence electrons. The van der Waals surface area contributed by atoms with Crippen LogP contribution in [0.1, 0.15) is 80.5 Å². The lowest BCUT2D eigenvalue weighted by molar-refractivity contribution is -0.164. The highest BCUT2D eigenvalue weighted by Crippen LogP contribution is 2.31. The Morgan fingerprint density at radius 2 is 1.89 bits per heavy atom. The van der Waals surface area contributed by atoms with E-state index in [1.165, 1.54) is 12.0 Å². The number of aliphatic imine (C=N–C) groups is 1. The molecular weight excluding hydrogens is 578 g/mol. The Bertz CT molecular complexity index is 1430. The van der Waals surface area contributed by atoms with Gasteiger partial charge in [0.1, 0.15) is 24.4 Å². The third-order valence-electron chi connectivity index (χ3n) is 8.05. The van der Waals surface area contributed by atoms with E-state index >= 15 is 0 Å². The van der Waals surface area contributed by atoms with E-state index in [-0.39, 0.29) is 19.0 Å². The number of guanidine groups is 1. The number of hydrogen-bond acceptors (Lipinski definition) is 8. The fourth-order valence-electron chi connectivity index (χ4n) is 5.00. The first kappa shape index (κ1) is 34.7. The van der Waals surface area contributed by atoms with Gasteiger partial charge in [-0.25, -0.2) is 9.79 Å². The molecule has 2 aromatic rings. The van der Waals surface area contributed by atoms with Crippen LogP contribution in [0.5, 0.6) is 5.75 Å². The average Bonchev–Trinajstić information content (AvgIpc) is 3.04. The number of esters is 1. The number of likely N-dealkylation sites (tertiary alicyclic amines) is 1. The molecule has 1 aliphatic heterocycles. The summed E-state index contributed by atoms with van der Waals surface area (Å²) in [5, 5.41) is 2.73. The largest absolute Gasteiger partial charge is 0.496 e. The van der Waals surface area contributed by atoms with Gasteiger partial charge < -0.3 is 31.2 Å². The second-order valence-corrected chi connectivity index (χ2v) is 11.6. The van der Waals surface area contributed by atoms with Gasteiger partial charge in [-0.1, -0.05) is 39.0 Å². The summed E-state index contributed by atoms with van der Waals surface area (Å²) in [5.74, 6) is -2.03. The first-order valence-corrected chi connectivity index (χ1v) is 15.0. The SMILES string of the molecule is CCC(C)(C)C(=O)C(=O)N1CCCC[C@H]1C(=O)O[C@H](CCc1ccc(C=O)c(OC)c1)c1cccc(NC(=O)CN=C(N)N)c1. The fraction of sp³-hybridized carbons (Fsp3) is 0.455. The maximum absolute atomic E-state index is 13.8. The highest BCUT2D eigenvalue weighted by molar-refractivity contribution is 6.38. The normalized spacial score (nSPS) is 15.4. The van der Waals surface area contributed by atoms with Crippen molar-refractivity contribution < 1.29 is 33.4 Å². The van der Waals surface area contributed by atoms with Gasteiger partial charge in [0.15, 0.2) is 12.2 Å². The van der Waals surface area contributed by atoms with Gasteiger partial charge >= 0.3 is 5.97 Å². The minimum Gasteiger partial charge on any atom is -0.496 e. The Balaban J connectivity index is 1.89. The van der Waals surface area contributed by atoms with E-state index in [0.717, 1.165) is 5.56 Å². The molecule has 1 aliphatic rings. The number of rotatable bonds is 14. The fourth-order valence-corrected chi connectivity index (χ4v) is 5.00. The predicted octanol–water partition coefficient (Wildman–Crippen LogP) is 3.32. The van der Waals surface area contributed by atoms with Crippen LogP contribution in [0.15, 0.2) is 47.5 Å². The topological polar surface area (TPSA) is 183 Å². The second-order valence-electron chi connectivity index (χ2n) is 11.6. The van der Waals surface area contributed by atoms with Gasteiger partial charge in [0.05, 0.1) is 12.7 Å². The van der Waals surface area contributed by atoms with E-state index in [1.54, 1.807) is 56.3 Å². The molecule has 12 heteroatoms. The van der Waals surface area contributed by atoms with Crippen molar-refractivity contribution >= 4 is 41.5 Å². The lowest BCUT2D eigenvalue weighted by atomic mass is 9.84. The first-order valence-electron chi connectivity index (χ1n) is 15.0. The van der Waals surface area contributed by atoms with Gasteiger partial charge in [0.25, 0.3) is 5.91 Å². The Labute approximate surface area is 263 Å². The number of hydrogen-bond donors (Lipinski definition) is 3. The standard InChI is InChI=1S/C33H43N5O7/c1-5-33(2,3)29(41)30(42)38-16-7-6-11-25(38)31(43)45-26(15-13-21-12-14-23(20-39)27(17-21)44-4)22-9-8-10-24(18-22)37-28(40)19-36-32(34)35/h8-10,12,14,17-18,20,25-26H,5-7,11,13,15-16,19H2,1-4H3,(H,37,40)(H4,34,35,36)/t25-,26+/m0/s1. The molecule has 5 N–H and O–H groups in total. The van der Waals surface area contributed by atoms with Crippen molar-refractivity contribution in [3.05, 3.63) is 59.2 Å². The van der Waals surface area contributed by atoms with Crippen LogP contribution in [0, 0.1) is 5.41 Å². The van der Waals surface area contributed by atoms with Crippen LogP contribution < -0.4 is 21.5 Å². The molecule has 2 atom stereocenters. The van der Waals surface area contributed by atoms with Gasteiger partial charge in [-0.2, -0.15) is 0 Å². The number of methoxy groups -OCH3 is 1.